The summed E-state index contributed by atoms with van der Waals surface area (Å²) < 4.78 is 41.3. The smallest absolute Gasteiger partial charge is 0.446 e. The lowest BCUT2D eigenvalue weighted by Gasteiger charge is -2.22. The minimum atomic E-state index is -4.43. The molecule has 1 N–H and O–H groups in total. The average Bonchev–Trinajstić information content (AvgIpc) is 2.51. The van der Waals surface area contributed by atoms with Gasteiger partial charge in [0.25, 0.3) is 5.91 Å². The number of esters is 1. The maximum Gasteiger partial charge on any atom is 0.446 e. The van der Waals surface area contributed by atoms with E-state index in [1.165, 1.54) is 19.1 Å². The number of terminal acetylenes is 1. The molecular weight excluding hydrogens is 345 g/mol. The second-order valence-electron chi connectivity index (χ2n) is 4.69. The summed E-state index contributed by atoms with van der Waals surface area (Å²) in [6.45, 7) is 0.836. The number of nitrogens with zero attached hydrogens (tertiary/aromatic N) is 1. The highest BCUT2D eigenvalue weighted by atomic mass is 32.2. The van der Waals surface area contributed by atoms with Crippen molar-refractivity contribution in [1.29, 1.82) is 5.26 Å². The average molecular weight is 356 g/mol. The lowest BCUT2D eigenvalue weighted by molar-refractivity contribution is -0.138. The monoisotopic (exact) mass is 356 g/mol. The van der Waals surface area contributed by atoms with Crippen molar-refractivity contribution < 1.29 is 27.5 Å². The van der Waals surface area contributed by atoms with Crippen LogP contribution in [0.1, 0.15) is 17.3 Å². The number of nitrogens with one attached hydrogen (secondary N) is 1. The first kappa shape index (κ1) is 19.4. The lowest BCUT2D eigenvalue weighted by Crippen LogP contribution is -2.48. The van der Waals surface area contributed by atoms with Gasteiger partial charge in [-0.25, -0.2) is 4.79 Å². The van der Waals surface area contributed by atoms with Crippen LogP contribution < -0.4 is 5.32 Å². The molecule has 1 aromatic carbocycles. The lowest BCUT2D eigenvalue weighted by atomic mass is 10.1. The van der Waals surface area contributed by atoms with Gasteiger partial charge < -0.3 is 10.1 Å². The number of ether oxygens (including phenoxy) is 1. The van der Waals surface area contributed by atoms with E-state index in [0.717, 1.165) is 12.1 Å². The fraction of sp³-hybridized carbons (Fsp3) is 0.267. The third kappa shape index (κ3) is 6.23. The molecule has 126 valence electrons. The fourth-order valence-corrected chi connectivity index (χ4v) is 2.02. The van der Waals surface area contributed by atoms with Crippen LogP contribution in [0.15, 0.2) is 29.2 Å². The zero-order chi connectivity index (χ0) is 18.4. The van der Waals surface area contributed by atoms with Crippen molar-refractivity contribution in [1.82, 2.24) is 5.32 Å². The Balaban J connectivity index is 2.77. The van der Waals surface area contributed by atoms with Crippen molar-refractivity contribution in [2.75, 3.05) is 6.61 Å². The summed E-state index contributed by atoms with van der Waals surface area (Å²) in [7, 11) is 0. The number of thioether (sulfide) groups is 1. The fourth-order valence-electron chi connectivity index (χ4n) is 1.48. The van der Waals surface area contributed by atoms with Crippen molar-refractivity contribution >= 4 is 23.6 Å². The van der Waals surface area contributed by atoms with Gasteiger partial charge in [-0.1, -0.05) is 0 Å². The van der Waals surface area contributed by atoms with Gasteiger partial charge >= 0.3 is 11.5 Å². The van der Waals surface area contributed by atoms with Crippen molar-refractivity contribution in [3.05, 3.63) is 29.8 Å². The zero-order valence-electron chi connectivity index (χ0n) is 12.3. The quantitative estimate of drug-likeness (QED) is 0.380. The number of amides is 1. The van der Waals surface area contributed by atoms with Crippen LogP contribution >= 0.6 is 11.8 Å². The maximum absolute atomic E-state index is 12.2. The summed E-state index contributed by atoms with van der Waals surface area (Å²) >= 11 is -0.308. The molecule has 0 fully saturated rings. The molecule has 0 aliphatic rings. The van der Waals surface area contributed by atoms with Crippen LogP contribution in [-0.4, -0.2) is 29.5 Å². The summed E-state index contributed by atoms with van der Waals surface area (Å²) in [6.07, 6.45) is 4.82. The van der Waals surface area contributed by atoms with E-state index in [9.17, 15) is 22.8 Å². The number of nitriles is 1. The van der Waals surface area contributed by atoms with Crippen LogP contribution in [-0.2, 0) is 9.53 Å². The van der Waals surface area contributed by atoms with E-state index in [1.807, 2.05) is 0 Å². The Labute approximate surface area is 140 Å². The number of halogens is 3. The number of carbonyl (C=O) groups is 2. The molecule has 0 aromatic heterocycles. The molecule has 0 radical (unpaired) electrons. The first-order valence-corrected chi connectivity index (χ1v) is 7.13. The van der Waals surface area contributed by atoms with Gasteiger partial charge in [-0.2, -0.15) is 18.4 Å². The summed E-state index contributed by atoms with van der Waals surface area (Å²) in [5, 5.41) is 11.4. The highest BCUT2D eigenvalue weighted by molar-refractivity contribution is 8.00. The van der Waals surface area contributed by atoms with E-state index in [4.69, 9.17) is 11.7 Å². The van der Waals surface area contributed by atoms with Crippen molar-refractivity contribution in [3.8, 4) is 18.4 Å². The van der Waals surface area contributed by atoms with Crippen LogP contribution in [0.3, 0.4) is 0 Å². The Morgan fingerprint density at radius 1 is 1.33 bits per heavy atom. The van der Waals surface area contributed by atoms with Crippen LogP contribution in [0.25, 0.3) is 0 Å². The van der Waals surface area contributed by atoms with E-state index in [-0.39, 0.29) is 22.2 Å². The maximum atomic E-state index is 12.2. The van der Waals surface area contributed by atoms with Gasteiger partial charge in [-0.3, -0.25) is 4.79 Å². The zero-order valence-corrected chi connectivity index (χ0v) is 13.1. The SMILES string of the molecule is C#CC(=O)OCC(C)(C#N)NC(=O)c1ccc(SC(F)(F)F)cc1. The highest BCUT2D eigenvalue weighted by Gasteiger charge is 2.30. The summed E-state index contributed by atoms with van der Waals surface area (Å²) in [5.41, 5.74) is -5.92. The molecule has 0 aliphatic carbocycles. The minimum Gasteiger partial charge on any atom is -0.452 e. The first-order chi connectivity index (χ1) is 11.1. The number of hydrogen-bond acceptors (Lipinski definition) is 5. The molecule has 1 unspecified atom stereocenters. The largest absolute Gasteiger partial charge is 0.452 e. The number of carbonyl (C=O) groups excluding carboxylic acids is 2. The van der Waals surface area contributed by atoms with Crippen molar-refractivity contribution in [3.63, 3.8) is 0 Å². The third-order valence-corrected chi connectivity index (χ3v) is 3.34. The Morgan fingerprint density at radius 2 is 1.92 bits per heavy atom. The predicted molar refractivity (Wildman–Crippen MR) is 79.6 cm³/mol. The van der Waals surface area contributed by atoms with Crippen LogP contribution in [0.4, 0.5) is 13.2 Å². The van der Waals surface area contributed by atoms with Crippen LogP contribution in [0.5, 0.6) is 0 Å². The van der Waals surface area contributed by atoms with E-state index in [2.05, 4.69) is 10.1 Å². The highest BCUT2D eigenvalue weighted by Crippen LogP contribution is 2.36. The standard InChI is InChI=1S/C15H11F3N2O3S/c1-3-12(21)23-9-14(2,8-19)20-13(22)10-4-6-11(7-5-10)24-15(16,17)18/h1,4-7H,9H2,2H3,(H,20,22). The summed E-state index contributed by atoms with van der Waals surface area (Å²) in [6, 6.07) is 6.42. The Kier molecular flexibility index (Phi) is 6.27. The van der Waals surface area contributed by atoms with Crippen LogP contribution in [0, 0.1) is 23.7 Å². The molecule has 24 heavy (non-hydrogen) atoms. The minimum absolute atomic E-state index is 0.0475. The first-order valence-electron chi connectivity index (χ1n) is 6.31. The van der Waals surface area contributed by atoms with E-state index >= 15 is 0 Å². The topological polar surface area (TPSA) is 79.2 Å². The molecule has 5 nitrogen and oxygen atoms in total. The molecular formula is C15H11F3N2O3S. The molecule has 1 atom stereocenters. The molecule has 9 heteroatoms. The van der Waals surface area contributed by atoms with Crippen molar-refractivity contribution in [2.24, 2.45) is 0 Å². The molecule has 1 amide bonds. The molecule has 0 aliphatic heterocycles. The van der Waals surface area contributed by atoms with Gasteiger partial charge in [0, 0.05) is 16.4 Å². The number of alkyl halides is 3. The Morgan fingerprint density at radius 3 is 2.38 bits per heavy atom. The molecule has 0 bridgehead atoms. The second-order valence-corrected chi connectivity index (χ2v) is 5.83. The van der Waals surface area contributed by atoms with Crippen molar-refractivity contribution in [2.45, 2.75) is 22.9 Å². The third-order valence-electron chi connectivity index (χ3n) is 2.60. The number of rotatable bonds is 5. The van der Waals surface area contributed by atoms with Gasteiger partial charge in [0.05, 0.1) is 6.07 Å². The second kappa shape index (κ2) is 7.75. The van der Waals surface area contributed by atoms with E-state index in [0.29, 0.717) is 0 Å². The Bertz CT molecular complexity index is 705. The van der Waals surface area contributed by atoms with Gasteiger partial charge in [-0.15, -0.1) is 6.42 Å². The molecule has 0 saturated heterocycles. The Hall–Kier alpha value is -2.65. The number of benzene rings is 1. The van der Waals surface area contributed by atoms with E-state index < -0.39 is 29.5 Å². The van der Waals surface area contributed by atoms with Gasteiger partial charge in [-0.05, 0) is 43.0 Å². The van der Waals surface area contributed by atoms with Gasteiger partial charge in [0.1, 0.15) is 6.61 Å². The molecule has 0 saturated carbocycles. The summed E-state index contributed by atoms with van der Waals surface area (Å²) in [4.78, 5) is 22.9. The predicted octanol–water partition coefficient (Wildman–Crippen LogP) is 2.49. The van der Waals surface area contributed by atoms with Gasteiger partial charge in [0.15, 0.2) is 5.54 Å². The number of hydrogen-bond donors (Lipinski definition) is 1. The molecule has 1 rings (SSSR count). The summed E-state index contributed by atoms with van der Waals surface area (Å²) in [5.74, 6) is -0.00175. The molecule has 0 heterocycles. The van der Waals surface area contributed by atoms with Crippen LogP contribution in [0.2, 0.25) is 0 Å². The molecule has 1 aromatic rings. The normalized spacial score (nSPS) is 13.1. The molecule has 0 spiro atoms. The van der Waals surface area contributed by atoms with E-state index in [1.54, 1.807) is 12.0 Å². The van der Waals surface area contributed by atoms with Gasteiger partial charge in [0.2, 0.25) is 0 Å².